The molecule has 0 radical (unpaired) electrons. The van der Waals surface area contributed by atoms with Gasteiger partial charge < -0.3 is 5.11 Å². The number of hydrogen-bond donors (Lipinski definition) is 1. The molecule has 0 aromatic rings. The number of aliphatic imine (C=N–C) groups is 1. The second-order valence-electron chi connectivity index (χ2n) is 2.41. The Morgan fingerprint density at radius 3 is 2.82 bits per heavy atom. The van der Waals surface area contributed by atoms with E-state index in [0.717, 1.165) is 12.8 Å². The Morgan fingerprint density at radius 2 is 2.27 bits per heavy atom. The molecule has 0 bridgehead atoms. The van der Waals surface area contributed by atoms with E-state index in [1.54, 1.807) is 6.21 Å². The number of unbranched alkanes of at least 4 members (excludes halogenated alkanes) is 3. The van der Waals surface area contributed by atoms with Gasteiger partial charge in [-0.25, -0.2) is 0 Å². The number of aliphatic carboxylic acids is 1. The minimum absolute atomic E-state index is 0.0911. The Hall–Kier alpha value is -0.860. The maximum absolute atomic E-state index is 9.97. The third-order valence-corrected chi connectivity index (χ3v) is 1.29. The first kappa shape index (κ1) is 10.1. The van der Waals surface area contributed by atoms with Gasteiger partial charge in [0.1, 0.15) is 6.54 Å². The summed E-state index contributed by atoms with van der Waals surface area (Å²) in [5.41, 5.74) is 0. The molecule has 3 heteroatoms. The predicted octanol–water partition coefficient (Wildman–Crippen LogP) is 1.72. The molecule has 11 heavy (non-hydrogen) atoms. The lowest BCUT2D eigenvalue weighted by molar-refractivity contribution is -0.135. The lowest BCUT2D eigenvalue weighted by atomic mass is 10.2. The lowest BCUT2D eigenvalue weighted by Crippen LogP contribution is -1.98. The second-order valence-corrected chi connectivity index (χ2v) is 2.41. The molecule has 0 aliphatic carbocycles. The quantitative estimate of drug-likeness (QED) is 0.471. The summed E-state index contributed by atoms with van der Waals surface area (Å²) in [4.78, 5) is 13.7. The monoisotopic (exact) mass is 157 g/mol. The standard InChI is InChI=1S/C8H15NO2/c1-2-3-4-5-6-9-7-8(10)11/h6H,2-5,7H2,1H3,(H,10,11). The second kappa shape index (κ2) is 7.25. The fourth-order valence-electron chi connectivity index (χ4n) is 0.720. The van der Waals surface area contributed by atoms with Gasteiger partial charge in [-0.2, -0.15) is 0 Å². The molecule has 0 aliphatic rings. The zero-order chi connectivity index (χ0) is 8.53. The molecule has 0 rings (SSSR count). The summed E-state index contributed by atoms with van der Waals surface area (Å²) >= 11 is 0. The Labute approximate surface area is 67.1 Å². The Kier molecular flexibility index (Phi) is 6.68. The van der Waals surface area contributed by atoms with Crippen molar-refractivity contribution in [3.05, 3.63) is 0 Å². The molecular weight excluding hydrogens is 142 g/mol. The number of carboxylic acids is 1. The number of carboxylic acid groups (broad SMARTS) is 1. The molecule has 0 heterocycles. The highest BCUT2D eigenvalue weighted by Crippen LogP contribution is 1.95. The van der Waals surface area contributed by atoms with Crippen LogP contribution < -0.4 is 0 Å². The van der Waals surface area contributed by atoms with Crippen LogP contribution in [0.3, 0.4) is 0 Å². The molecule has 0 amide bonds. The van der Waals surface area contributed by atoms with Crippen molar-refractivity contribution in [2.75, 3.05) is 6.54 Å². The SMILES string of the molecule is CCCCCC=NCC(=O)O. The average Bonchev–Trinajstić information content (AvgIpc) is 1.96. The minimum Gasteiger partial charge on any atom is -0.480 e. The molecule has 0 atom stereocenters. The van der Waals surface area contributed by atoms with Crippen LogP contribution in [0.2, 0.25) is 0 Å². The summed E-state index contributed by atoms with van der Waals surface area (Å²) in [6.45, 7) is 2.04. The highest BCUT2D eigenvalue weighted by atomic mass is 16.4. The topological polar surface area (TPSA) is 49.7 Å². The van der Waals surface area contributed by atoms with Crippen molar-refractivity contribution >= 4 is 12.2 Å². The first-order chi connectivity index (χ1) is 5.27. The molecule has 0 saturated carbocycles. The number of carbonyl (C=O) groups is 1. The van der Waals surface area contributed by atoms with E-state index >= 15 is 0 Å². The van der Waals surface area contributed by atoms with E-state index in [9.17, 15) is 4.79 Å². The maximum atomic E-state index is 9.97. The molecule has 3 nitrogen and oxygen atoms in total. The third-order valence-electron chi connectivity index (χ3n) is 1.29. The number of rotatable bonds is 6. The zero-order valence-corrected chi connectivity index (χ0v) is 6.92. The van der Waals surface area contributed by atoms with Gasteiger partial charge in [0.15, 0.2) is 0 Å². The van der Waals surface area contributed by atoms with E-state index in [-0.39, 0.29) is 6.54 Å². The largest absolute Gasteiger partial charge is 0.480 e. The zero-order valence-electron chi connectivity index (χ0n) is 6.92. The maximum Gasteiger partial charge on any atom is 0.325 e. The van der Waals surface area contributed by atoms with Gasteiger partial charge >= 0.3 is 5.97 Å². The van der Waals surface area contributed by atoms with Crippen LogP contribution in [0.4, 0.5) is 0 Å². The van der Waals surface area contributed by atoms with E-state index in [1.165, 1.54) is 12.8 Å². The van der Waals surface area contributed by atoms with Crippen LogP contribution in [0.15, 0.2) is 4.99 Å². The summed E-state index contributed by atoms with van der Waals surface area (Å²) in [5, 5.41) is 8.20. The van der Waals surface area contributed by atoms with Crippen LogP contribution in [0, 0.1) is 0 Å². The Balaban J connectivity index is 3.10. The molecular formula is C8H15NO2. The van der Waals surface area contributed by atoms with Gasteiger partial charge in [0.05, 0.1) is 0 Å². The highest BCUT2D eigenvalue weighted by Gasteiger charge is 1.88. The van der Waals surface area contributed by atoms with Gasteiger partial charge in [-0.05, 0) is 19.1 Å². The van der Waals surface area contributed by atoms with Gasteiger partial charge in [0.2, 0.25) is 0 Å². The van der Waals surface area contributed by atoms with E-state index in [1.807, 2.05) is 0 Å². The van der Waals surface area contributed by atoms with Crippen molar-refractivity contribution < 1.29 is 9.90 Å². The van der Waals surface area contributed by atoms with Gasteiger partial charge in [-0.1, -0.05) is 19.8 Å². The molecule has 0 saturated heterocycles. The summed E-state index contributed by atoms with van der Waals surface area (Å²) in [6.07, 6.45) is 6.09. The lowest BCUT2D eigenvalue weighted by Gasteiger charge is -1.90. The van der Waals surface area contributed by atoms with Crippen molar-refractivity contribution in [2.24, 2.45) is 4.99 Å². The van der Waals surface area contributed by atoms with Gasteiger partial charge in [0, 0.05) is 0 Å². The van der Waals surface area contributed by atoms with Crippen LogP contribution in [-0.4, -0.2) is 23.8 Å². The van der Waals surface area contributed by atoms with E-state index in [2.05, 4.69) is 11.9 Å². The van der Waals surface area contributed by atoms with Gasteiger partial charge in [0.25, 0.3) is 0 Å². The smallest absolute Gasteiger partial charge is 0.325 e. The fraction of sp³-hybridized carbons (Fsp3) is 0.750. The summed E-state index contributed by atoms with van der Waals surface area (Å²) in [5.74, 6) is -0.864. The Bertz CT molecular complexity index is 132. The molecule has 0 aliphatic heterocycles. The van der Waals surface area contributed by atoms with Crippen molar-refractivity contribution in [2.45, 2.75) is 32.6 Å². The predicted molar refractivity (Wildman–Crippen MR) is 45.1 cm³/mol. The van der Waals surface area contributed by atoms with E-state index in [0.29, 0.717) is 0 Å². The van der Waals surface area contributed by atoms with E-state index < -0.39 is 5.97 Å². The minimum atomic E-state index is -0.864. The first-order valence-electron chi connectivity index (χ1n) is 3.97. The van der Waals surface area contributed by atoms with Crippen LogP contribution in [-0.2, 0) is 4.79 Å². The molecule has 64 valence electrons. The van der Waals surface area contributed by atoms with Crippen molar-refractivity contribution in [3.8, 4) is 0 Å². The fourth-order valence-corrected chi connectivity index (χ4v) is 0.720. The number of hydrogen-bond acceptors (Lipinski definition) is 2. The molecule has 0 fully saturated rings. The molecule has 0 aromatic heterocycles. The average molecular weight is 157 g/mol. The first-order valence-corrected chi connectivity index (χ1v) is 3.97. The molecule has 0 unspecified atom stereocenters. The van der Waals surface area contributed by atoms with Gasteiger partial charge in [-0.3, -0.25) is 9.79 Å². The van der Waals surface area contributed by atoms with Crippen LogP contribution in [0.25, 0.3) is 0 Å². The molecule has 0 spiro atoms. The van der Waals surface area contributed by atoms with Gasteiger partial charge in [-0.15, -0.1) is 0 Å². The molecule has 0 aromatic carbocycles. The summed E-state index contributed by atoms with van der Waals surface area (Å²) in [7, 11) is 0. The normalized spacial score (nSPS) is 10.6. The van der Waals surface area contributed by atoms with Crippen LogP contribution >= 0.6 is 0 Å². The highest BCUT2D eigenvalue weighted by molar-refractivity contribution is 5.71. The van der Waals surface area contributed by atoms with Crippen molar-refractivity contribution in [3.63, 3.8) is 0 Å². The number of nitrogens with zero attached hydrogens (tertiary/aromatic N) is 1. The van der Waals surface area contributed by atoms with Crippen LogP contribution in [0.1, 0.15) is 32.6 Å². The molecule has 1 N–H and O–H groups in total. The van der Waals surface area contributed by atoms with E-state index in [4.69, 9.17) is 5.11 Å². The van der Waals surface area contributed by atoms with Crippen molar-refractivity contribution in [1.82, 2.24) is 0 Å². The Morgan fingerprint density at radius 1 is 1.55 bits per heavy atom. The third kappa shape index (κ3) is 9.14. The van der Waals surface area contributed by atoms with Crippen LogP contribution in [0.5, 0.6) is 0 Å². The summed E-state index contributed by atoms with van der Waals surface area (Å²) < 4.78 is 0. The summed E-state index contributed by atoms with van der Waals surface area (Å²) in [6, 6.07) is 0. The van der Waals surface area contributed by atoms with Crippen molar-refractivity contribution in [1.29, 1.82) is 0 Å².